The predicted octanol–water partition coefficient (Wildman–Crippen LogP) is 6.89. The Morgan fingerprint density at radius 2 is 1.73 bits per heavy atom. The number of alkyl halides is 3. The Kier molecular flexibility index (Phi) is 10.8. The monoisotopic (exact) mass is 682 g/mol. The third-order valence-electron chi connectivity index (χ3n) is 6.36. The predicted molar refractivity (Wildman–Crippen MR) is 167 cm³/mol. The quantitative estimate of drug-likeness (QED) is 0.148. The van der Waals surface area contributed by atoms with E-state index in [1.54, 1.807) is 72.9 Å². The maximum absolute atomic E-state index is 12.3. The third kappa shape index (κ3) is 9.98. The van der Waals surface area contributed by atoms with Gasteiger partial charge in [-0.25, -0.2) is 14.4 Å². The summed E-state index contributed by atoms with van der Waals surface area (Å²) in [6.07, 6.45) is 0.106. The van der Waals surface area contributed by atoms with Crippen LogP contribution >= 0.6 is 23.2 Å². The molecule has 0 radical (unpaired) electrons. The first-order chi connectivity index (χ1) is 21.2. The lowest BCUT2D eigenvalue weighted by atomic mass is 10.1. The average molecular weight is 684 g/mol. The molecule has 3 aromatic carbocycles. The Labute approximate surface area is 267 Å². The molecular formula is C30H27Cl2F3N4O5S. The van der Waals surface area contributed by atoms with Gasteiger partial charge in [-0.3, -0.25) is 4.79 Å². The van der Waals surface area contributed by atoms with Crippen LogP contribution < -0.4 is 14.2 Å². The lowest BCUT2D eigenvalue weighted by molar-refractivity contribution is -0.137. The molecule has 0 saturated carbocycles. The molecule has 0 bridgehead atoms. The molecule has 4 aromatic rings. The van der Waals surface area contributed by atoms with Gasteiger partial charge >= 0.3 is 12.1 Å². The molecule has 0 saturated heterocycles. The van der Waals surface area contributed by atoms with Gasteiger partial charge in [0.25, 0.3) is 10.2 Å². The lowest BCUT2D eigenvalue weighted by Crippen LogP contribution is -2.40. The maximum Gasteiger partial charge on any atom is 0.389 e. The summed E-state index contributed by atoms with van der Waals surface area (Å²) < 4.78 is 68.7. The van der Waals surface area contributed by atoms with Crippen LogP contribution in [-0.4, -0.2) is 48.4 Å². The van der Waals surface area contributed by atoms with Crippen molar-refractivity contribution in [2.24, 2.45) is 5.14 Å². The molecule has 0 spiro atoms. The second-order valence-electron chi connectivity index (χ2n) is 9.82. The SMILES string of the molecule is NS(=O)(=O)N(CC(=O)O)c1ccc(Cn2cc(-c3ccc(Cl)cc3Cl)nc2C=Cc2ccc(OCCCC(F)(F)F)cc2)cc1. The number of benzene rings is 3. The summed E-state index contributed by atoms with van der Waals surface area (Å²) in [5.74, 6) is -0.368. The number of hydrogen-bond acceptors (Lipinski definition) is 5. The van der Waals surface area contributed by atoms with E-state index in [0.29, 0.717) is 43.7 Å². The Morgan fingerprint density at radius 1 is 1.04 bits per heavy atom. The standard InChI is InChI=1S/C30H27Cl2F3N4O5S/c31-22-7-12-25(26(32)16-22)27-18-38(17-21-2-8-23(9-3-21)39(19-29(40)41)45(36,42)43)28(37-27)13-6-20-4-10-24(11-5-20)44-15-1-14-30(33,34)35/h2-13,16,18H,1,14-15,17,19H2,(H,40,41)(H2,36,42,43). The minimum Gasteiger partial charge on any atom is -0.494 e. The number of carboxylic acid groups (broad SMARTS) is 1. The number of aliphatic carboxylic acids is 1. The van der Waals surface area contributed by atoms with Gasteiger partial charge < -0.3 is 14.4 Å². The fourth-order valence-electron chi connectivity index (χ4n) is 4.24. The van der Waals surface area contributed by atoms with Gasteiger partial charge in [0.1, 0.15) is 18.1 Å². The van der Waals surface area contributed by atoms with Crippen LogP contribution in [0.15, 0.2) is 72.9 Å². The van der Waals surface area contributed by atoms with Crippen molar-refractivity contribution in [1.82, 2.24) is 9.55 Å². The number of halogens is 5. The molecule has 0 aliphatic carbocycles. The molecule has 4 rings (SSSR count). The van der Waals surface area contributed by atoms with Crippen LogP contribution in [0.2, 0.25) is 10.0 Å². The Bertz CT molecular complexity index is 1780. The van der Waals surface area contributed by atoms with Crippen molar-refractivity contribution in [3.8, 4) is 17.0 Å². The van der Waals surface area contributed by atoms with Crippen molar-refractivity contribution < 1.29 is 36.2 Å². The molecule has 0 fully saturated rings. The summed E-state index contributed by atoms with van der Waals surface area (Å²) in [5.41, 5.74) is 2.84. The van der Waals surface area contributed by atoms with Crippen LogP contribution in [0.4, 0.5) is 18.9 Å². The van der Waals surface area contributed by atoms with Crippen LogP contribution in [-0.2, 0) is 21.5 Å². The van der Waals surface area contributed by atoms with Gasteiger partial charge in [-0.1, -0.05) is 53.5 Å². The van der Waals surface area contributed by atoms with Gasteiger partial charge in [-0.2, -0.15) is 21.6 Å². The molecule has 0 unspecified atom stereocenters. The van der Waals surface area contributed by atoms with E-state index in [-0.39, 0.29) is 18.7 Å². The molecule has 0 amide bonds. The number of aromatic nitrogens is 2. The summed E-state index contributed by atoms with van der Waals surface area (Å²) >= 11 is 12.5. The van der Waals surface area contributed by atoms with Crippen LogP contribution in [0.25, 0.3) is 23.4 Å². The number of hydrogen-bond donors (Lipinski definition) is 2. The fraction of sp³-hybridized carbons (Fsp3) is 0.200. The molecule has 15 heteroatoms. The Hall–Kier alpha value is -4.04. The molecule has 0 aliphatic heterocycles. The molecule has 0 aliphatic rings. The first-order valence-electron chi connectivity index (χ1n) is 13.3. The number of nitrogens with two attached hydrogens (primary N) is 1. The second-order valence-corrected chi connectivity index (χ2v) is 12.1. The van der Waals surface area contributed by atoms with Crippen LogP contribution in [0, 0.1) is 0 Å². The summed E-state index contributed by atoms with van der Waals surface area (Å²) in [6, 6.07) is 18.1. The smallest absolute Gasteiger partial charge is 0.389 e. The average Bonchev–Trinajstić information content (AvgIpc) is 3.35. The van der Waals surface area contributed by atoms with E-state index in [2.05, 4.69) is 0 Å². The highest BCUT2D eigenvalue weighted by Gasteiger charge is 2.26. The highest BCUT2D eigenvalue weighted by Crippen LogP contribution is 2.31. The highest BCUT2D eigenvalue weighted by molar-refractivity contribution is 7.90. The zero-order valence-electron chi connectivity index (χ0n) is 23.4. The third-order valence-corrected chi connectivity index (χ3v) is 7.86. The van der Waals surface area contributed by atoms with E-state index >= 15 is 0 Å². The van der Waals surface area contributed by atoms with Crippen molar-refractivity contribution >= 4 is 57.2 Å². The summed E-state index contributed by atoms with van der Waals surface area (Å²) in [7, 11) is -4.32. The molecule has 3 N–H and O–H groups in total. The zero-order valence-corrected chi connectivity index (χ0v) is 25.7. The molecule has 45 heavy (non-hydrogen) atoms. The molecule has 9 nitrogen and oxygen atoms in total. The minimum atomic E-state index is -4.32. The summed E-state index contributed by atoms with van der Waals surface area (Å²) in [4.78, 5) is 15.9. The molecule has 238 valence electrons. The van der Waals surface area contributed by atoms with Crippen molar-refractivity contribution in [1.29, 1.82) is 0 Å². The number of ether oxygens (including phenoxy) is 1. The van der Waals surface area contributed by atoms with Gasteiger partial charge in [0.2, 0.25) is 0 Å². The Balaban J connectivity index is 1.57. The number of carboxylic acids is 1. The molecular weight excluding hydrogens is 656 g/mol. The highest BCUT2D eigenvalue weighted by atomic mass is 35.5. The number of carbonyl (C=O) groups is 1. The van der Waals surface area contributed by atoms with Crippen molar-refractivity contribution in [2.75, 3.05) is 17.5 Å². The van der Waals surface area contributed by atoms with Gasteiger partial charge in [0, 0.05) is 29.7 Å². The lowest BCUT2D eigenvalue weighted by Gasteiger charge is -2.20. The van der Waals surface area contributed by atoms with Gasteiger partial charge in [0.05, 0.1) is 23.0 Å². The first kappa shape index (κ1) is 33.8. The molecule has 1 heterocycles. The van der Waals surface area contributed by atoms with Crippen molar-refractivity contribution in [2.45, 2.75) is 25.6 Å². The van der Waals surface area contributed by atoms with Gasteiger partial charge in [-0.15, -0.1) is 0 Å². The Morgan fingerprint density at radius 3 is 2.33 bits per heavy atom. The number of imidazole rings is 1. The number of nitrogens with zero attached hydrogens (tertiary/aromatic N) is 3. The van der Waals surface area contributed by atoms with Crippen molar-refractivity contribution in [3.05, 3.63) is 99.9 Å². The summed E-state index contributed by atoms with van der Waals surface area (Å²) in [6.45, 7) is -0.578. The van der Waals surface area contributed by atoms with E-state index in [0.717, 1.165) is 11.1 Å². The van der Waals surface area contributed by atoms with Crippen LogP contribution in [0.5, 0.6) is 5.75 Å². The van der Waals surface area contributed by atoms with E-state index in [1.807, 2.05) is 4.57 Å². The van der Waals surface area contributed by atoms with E-state index in [1.165, 1.54) is 12.1 Å². The van der Waals surface area contributed by atoms with E-state index in [9.17, 15) is 26.4 Å². The van der Waals surface area contributed by atoms with E-state index in [4.69, 9.17) is 43.2 Å². The largest absolute Gasteiger partial charge is 0.494 e. The summed E-state index contributed by atoms with van der Waals surface area (Å²) in [5, 5.41) is 15.2. The number of rotatable bonds is 13. The van der Waals surface area contributed by atoms with Crippen molar-refractivity contribution in [3.63, 3.8) is 0 Å². The zero-order chi connectivity index (χ0) is 32.8. The molecule has 0 atom stereocenters. The number of anilines is 1. The fourth-order valence-corrected chi connectivity index (χ4v) is 5.45. The minimum absolute atomic E-state index is 0.0528. The topological polar surface area (TPSA) is 128 Å². The normalized spacial score (nSPS) is 12.0. The van der Waals surface area contributed by atoms with Gasteiger partial charge in [0.15, 0.2) is 0 Å². The second kappa shape index (κ2) is 14.4. The van der Waals surface area contributed by atoms with E-state index < -0.39 is 35.3 Å². The molecule has 1 aromatic heterocycles. The first-order valence-corrected chi connectivity index (χ1v) is 15.6. The van der Waals surface area contributed by atoms with Gasteiger partial charge in [-0.05, 0) is 66.1 Å². The van der Waals surface area contributed by atoms with Crippen LogP contribution in [0.1, 0.15) is 29.8 Å². The van der Waals surface area contributed by atoms with Crippen LogP contribution in [0.3, 0.4) is 0 Å². The maximum atomic E-state index is 12.3.